The van der Waals surface area contributed by atoms with Crippen LogP contribution in [0, 0.1) is 5.92 Å². The van der Waals surface area contributed by atoms with Crippen LogP contribution in [0.25, 0.3) is 0 Å². The van der Waals surface area contributed by atoms with Gasteiger partial charge in [-0.1, -0.05) is 18.0 Å². The van der Waals surface area contributed by atoms with Gasteiger partial charge < -0.3 is 11.1 Å². The molecule has 1 fully saturated rings. The molecule has 2 rings (SSSR count). The standard InChI is InChI=1S/C12H18ClN3O2S/c13-10-5-4-9(19(15,17)18)6-12(10)16-11-3-1-2-8(11)7-14/h4-6,8,11,16H,1-3,7,14H2,(H2,15,17,18). The first kappa shape index (κ1) is 14.6. The molecule has 5 N–H and O–H groups in total. The minimum atomic E-state index is -3.72. The summed E-state index contributed by atoms with van der Waals surface area (Å²) in [6.07, 6.45) is 3.21. The quantitative estimate of drug-likeness (QED) is 0.785. The molecule has 1 aliphatic carbocycles. The topological polar surface area (TPSA) is 98.2 Å². The van der Waals surface area contributed by atoms with Crippen LogP contribution in [-0.2, 0) is 10.0 Å². The number of hydrogen-bond donors (Lipinski definition) is 3. The molecule has 0 aromatic heterocycles. The van der Waals surface area contributed by atoms with Gasteiger partial charge in [0.1, 0.15) is 0 Å². The van der Waals surface area contributed by atoms with Crippen LogP contribution < -0.4 is 16.2 Å². The monoisotopic (exact) mass is 303 g/mol. The Morgan fingerprint density at radius 1 is 1.37 bits per heavy atom. The number of primary sulfonamides is 1. The lowest BCUT2D eigenvalue weighted by atomic mass is 10.0. The summed E-state index contributed by atoms with van der Waals surface area (Å²) in [4.78, 5) is 0.0571. The highest BCUT2D eigenvalue weighted by Crippen LogP contribution is 2.31. The zero-order valence-corrected chi connectivity index (χ0v) is 12.0. The molecule has 106 valence electrons. The number of anilines is 1. The van der Waals surface area contributed by atoms with Crippen LogP contribution in [0.4, 0.5) is 5.69 Å². The summed E-state index contributed by atoms with van der Waals surface area (Å²) in [6, 6.07) is 4.65. The summed E-state index contributed by atoms with van der Waals surface area (Å²) >= 11 is 6.09. The second-order valence-corrected chi connectivity index (χ2v) is 6.83. The van der Waals surface area contributed by atoms with Crippen molar-refractivity contribution in [3.8, 4) is 0 Å². The molecule has 2 atom stereocenters. The minimum Gasteiger partial charge on any atom is -0.381 e. The third kappa shape index (κ3) is 3.39. The molecule has 1 aromatic rings. The fraction of sp³-hybridized carbons (Fsp3) is 0.500. The molecule has 7 heteroatoms. The van der Waals surface area contributed by atoms with E-state index >= 15 is 0 Å². The first-order chi connectivity index (χ1) is 8.91. The third-order valence-corrected chi connectivity index (χ3v) is 4.81. The third-order valence-electron chi connectivity index (χ3n) is 3.57. The maximum absolute atomic E-state index is 11.3. The van der Waals surface area contributed by atoms with Crippen LogP contribution in [-0.4, -0.2) is 21.0 Å². The molecular weight excluding hydrogens is 286 g/mol. The smallest absolute Gasteiger partial charge is 0.238 e. The van der Waals surface area contributed by atoms with Crippen molar-refractivity contribution in [3.05, 3.63) is 23.2 Å². The zero-order valence-electron chi connectivity index (χ0n) is 10.5. The molecule has 1 saturated carbocycles. The highest BCUT2D eigenvalue weighted by molar-refractivity contribution is 7.89. The Hall–Kier alpha value is -0.820. The number of rotatable bonds is 4. The average molecular weight is 304 g/mol. The molecule has 1 aromatic carbocycles. The van der Waals surface area contributed by atoms with Crippen LogP contribution in [0.1, 0.15) is 19.3 Å². The van der Waals surface area contributed by atoms with Gasteiger partial charge in [-0.15, -0.1) is 0 Å². The number of halogens is 1. The van der Waals surface area contributed by atoms with Crippen LogP contribution in [0.2, 0.25) is 5.02 Å². The van der Waals surface area contributed by atoms with Gasteiger partial charge in [0.2, 0.25) is 10.0 Å². The Morgan fingerprint density at radius 3 is 2.74 bits per heavy atom. The average Bonchev–Trinajstić information content (AvgIpc) is 2.77. The predicted molar refractivity (Wildman–Crippen MR) is 76.6 cm³/mol. The fourth-order valence-electron chi connectivity index (χ4n) is 2.50. The second kappa shape index (κ2) is 5.66. The SMILES string of the molecule is NCC1CCCC1Nc1cc(S(N)(=O)=O)ccc1Cl. The van der Waals surface area contributed by atoms with E-state index in [0.29, 0.717) is 23.2 Å². The lowest BCUT2D eigenvalue weighted by Crippen LogP contribution is -2.29. The van der Waals surface area contributed by atoms with Crippen molar-refractivity contribution in [2.24, 2.45) is 16.8 Å². The molecule has 0 heterocycles. The molecule has 0 aliphatic heterocycles. The molecule has 0 spiro atoms. The molecule has 1 aliphatic rings. The fourth-order valence-corrected chi connectivity index (χ4v) is 3.21. The van der Waals surface area contributed by atoms with Crippen molar-refractivity contribution in [1.29, 1.82) is 0 Å². The summed E-state index contributed by atoms with van der Waals surface area (Å²) in [7, 11) is -3.72. The maximum Gasteiger partial charge on any atom is 0.238 e. The van der Waals surface area contributed by atoms with E-state index in [2.05, 4.69) is 5.32 Å². The molecule has 0 radical (unpaired) electrons. The van der Waals surface area contributed by atoms with E-state index in [4.69, 9.17) is 22.5 Å². The van der Waals surface area contributed by atoms with Gasteiger partial charge in [0.15, 0.2) is 0 Å². The summed E-state index contributed by atoms with van der Waals surface area (Å²) in [5, 5.41) is 8.89. The Balaban J connectivity index is 2.24. The van der Waals surface area contributed by atoms with Gasteiger partial charge in [0.25, 0.3) is 0 Å². The Labute approximate surface area is 118 Å². The number of sulfonamides is 1. The summed E-state index contributed by atoms with van der Waals surface area (Å²) in [5.74, 6) is 0.397. The van der Waals surface area contributed by atoms with E-state index in [1.165, 1.54) is 18.2 Å². The normalized spacial score (nSPS) is 23.5. The van der Waals surface area contributed by atoms with E-state index in [9.17, 15) is 8.42 Å². The molecule has 19 heavy (non-hydrogen) atoms. The highest BCUT2D eigenvalue weighted by atomic mass is 35.5. The molecule has 0 bridgehead atoms. The second-order valence-electron chi connectivity index (χ2n) is 4.86. The van der Waals surface area contributed by atoms with E-state index in [1.807, 2.05) is 0 Å². The maximum atomic E-state index is 11.3. The van der Waals surface area contributed by atoms with E-state index < -0.39 is 10.0 Å². The first-order valence-electron chi connectivity index (χ1n) is 6.21. The molecule has 0 amide bonds. The summed E-state index contributed by atoms with van der Waals surface area (Å²) in [5.41, 5.74) is 6.32. The minimum absolute atomic E-state index is 0.0571. The van der Waals surface area contributed by atoms with Gasteiger partial charge in [-0.3, -0.25) is 0 Å². The van der Waals surface area contributed by atoms with Crippen LogP contribution in [0.5, 0.6) is 0 Å². The van der Waals surface area contributed by atoms with Gasteiger partial charge in [-0.25, -0.2) is 13.6 Å². The predicted octanol–water partition coefficient (Wildman–Crippen LogP) is 1.53. The number of nitrogens with two attached hydrogens (primary N) is 2. The van der Waals surface area contributed by atoms with Crippen molar-refractivity contribution in [2.45, 2.75) is 30.2 Å². The number of benzene rings is 1. The van der Waals surface area contributed by atoms with E-state index in [1.54, 1.807) is 0 Å². The summed E-state index contributed by atoms with van der Waals surface area (Å²) < 4.78 is 22.7. The van der Waals surface area contributed by atoms with Crippen LogP contribution in [0.15, 0.2) is 23.1 Å². The largest absolute Gasteiger partial charge is 0.381 e. The lowest BCUT2D eigenvalue weighted by molar-refractivity contribution is 0.516. The Kier molecular flexibility index (Phi) is 4.35. The highest BCUT2D eigenvalue weighted by Gasteiger charge is 2.26. The van der Waals surface area contributed by atoms with Gasteiger partial charge in [-0.2, -0.15) is 0 Å². The van der Waals surface area contributed by atoms with Gasteiger partial charge in [0.05, 0.1) is 15.6 Å². The molecule has 5 nitrogen and oxygen atoms in total. The van der Waals surface area contributed by atoms with Crippen molar-refractivity contribution >= 4 is 27.3 Å². The Morgan fingerprint density at radius 2 is 2.11 bits per heavy atom. The molecule has 2 unspecified atom stereocenters. The van der Waals surface area contributed by atoms with Crippen molar-refractivity contribution in [2.75, 3.05) is 11.9 Å². The van der Waals surface area contributed by atoms with Crippen LogP contribution in [0.3, 0.4) is 0 Å². The van der Waals surface area contributed by atoms with Crippen molar-refractivity contribution < 1.29 is 8.42 Å². The van der Waals surface area contributed by atoms with Gasteiger partial charge in [0, 0.05) is 6.04 Å². The van der Waals surface area contributed by atoms with Crippen molar-refractivity contribution in [3.63, 3.8) is 0 Å². The van der Waals surface area contributed by atoms with Gasteiger partial charge >= 0.3 is 0 Å². The van der Waals surface area contributed by atoms with Crippen LogP contribution >= 0.6 is 11.6 Å². The summed E-state index contributed by atoms with van der Waals surface area (Å²) in [6.45, 7) is 0.615. The van der Waals surface area contributed by atoms with E-state index in [-0.39, 0.29) is 10.9 Å². The lowest BCUT2D eigenvalue weighted by Gasteiger charge is -2.21. The number of hydrogen-bond acceptors (Lipinski definition) is 4. The van der Waals surface area contributed by atoms with Crippen molar-refractivity contribution in [1.82, 2.24) is 0 Å². The first-order valence-corrected chi connectivity index (χ1v) is 8.13. The van der Waals surface area contributed by atoms with E-state index in [0.717, 1.165) is 19.3 Å². The van der Waals surface area contributed by atoms with Gasteiger partial charge in [-0.05, 0) is 43.5 Å². The Bertz CT molecular complexity index is 562. The zero-order chi connectivity index (χ0) is 14.0. The molecular formula is C12H18ClN3O2S. The molecule has 0 saturated heterocycles. The number of nitrogens with one attached hydrogen (secondary N) is 1.